The highest BCUT2D eigenvalue weighted by molar-refractivity contribution is 7.92. The van der Waals surface area contributed by atoms with Gasteiger partial charge in [-0.05, 0) is 41.8 Å². The van der Waals surface area contributed by atoms with Crippen LogP contribution in [0.5, 0.6) is 5.75 Å². The summed E-state index contributed by atoms with van der Waals surface area (Å²) < 4.78 is 32.1. The number of sulfonamides is 1. The number of methoxy groups -OCH3 is 1. The zero-order valence-electron chi connectivity index (χ0n) is 21.8. The molecule has 0 saturated heterocycles. The molecule has 0 radical (unpaired) electrons. The Bertz CT molecular complexity index is 1380. The highest BCUT2D eigenvalue weighted by Gasteiger charge is 2.33. The fraction of sp³-hybridized carbons (Fsp3) is 0.286. The van der Waals surface area contributed by atoms with E-state index in [0.717, 1.165) is 27.3 Å². The van der Waals surface area contributed by atoms with E-state index in [9.17, 15) is 18.0 Å². The van der Waals surface area contributed by atoms with E-state index in [1.165, 1.54) is 31.2 Å². The average molecular weight is 558 g/mol. The third-order valence-electron chi connectivity index (χ3n) is 6.21. The maximum absolute atomic E-state index is 14.0. The summed E-state index contributed by atoms with van der Waals surface area (Å²) in [6, 6.07) is 20.6. The molecule has 0 aliphatic carbocycles. The molecular formula is C28H32ClN3O5S. The molecule has 3 aromatic carbocycles. The number of anilines is 1. The molecule has 0 unspecified atom stereocenters. The lowest BCUT2D eigenvalue weighted by atomic mass is 10.0. The van der Waals surface area contributed by atoms with Crippen molar-refractivity contribution in [3.05, 3.63) is 94.5 Å². The molecule has 0 aliphatic heterocycles. The molecule has 8 nitrogen and oxygen atoms in total. The first-order chi connectivity index (χ1) is 18.0. The van der Waals surface area contributed by atoms with Crippen LogP contribution in [0.25, 0.3) is 0 Å². The summed E-state index contributed by atoms with van der Waals surface area (Å²) in [4.78, 5) is 28.6. The van der Waals surface area contributed by atoms with E-state index in [2.05, 4.69) is 5.32 Å². The smallest absolute Gasteiger partial charge is 0.244 e. The van der Waals surface area contributed by atoms with E-state index in [4.69, 9.17) is 16.3 Å². The summed E-state index contributed by atoms with van der Waals surface area (Å²) in [7, 11) is -1.03. The molecule has 1 N–H and O–H groups in total. The van der Waals surface area contributed by atoms with Crippen LogP contribution in [0.1, 0.15) is 16.7 Å². The van der Waals surface area contributed by atoms with Crippen molar-refractivity contribution in [2.24, 2.45) is 0 Å². The van der Waals surface area contributed by atoms with Crippen LogP contribution in [0.4, 0.5) is 5.69 Å². The molecule has 202 valence electrons. The lowest BCUT2D eigenvalue weighted by Gasteiger charge is -2.33. The fourth-order valence-corrected chi connectivity index (χ4v) is 5.16. The zero-order valence-corrected chi connectivity index (χ0v) is 23.4. The summed E-state index contributed by atoms with van der Waals surface area (Å²) in [5.74, 6) is -0.669. The highest BCUT2D eigenvalue weighted by Crippen LogP contribution is 2.33. The number of ether oxygens (including phenoxy) is 1. The van der Waals surface area contributed by atoms with E-state index in [-0.39, 0.29) is 35.3 Å². The Morgan fingerprint density at radius 3 is 2.29 bits per heavy atom. The maximum Gasteiger partial charge on any atom is 0.244 e. The Morgan fingerprint density at radius 1 is 1.03 bits per heavy atom. The van der Waals surface area contributed by atoms with Crippen molar-refractivity contribution < 1.29 is 22.7 Å². The molecule has 3 rings (SSSR count). The maximum atomic E-state index is 14.0. The summed E-state index contributed by atoms with van der Waals surface area (Å²) >= 11 is 6.17. The van der Waals surface area contributed by atoms with Gasteiger partial charge in [0.05, 0.1) is 19.1 Å². The number of nitrogens with one attached hydrogen (secondary N) is 1. The quantitative estimate of drug-likeness (QED) is 0.387. The number of hydrogen-bond acceptors (Lipinski definition) is 5. The minimum atomic E-state index is -3.94. The summed E-state index contributed by atoms with van der Waals surface area (Å²) in [5.41, 5.74) is 2.78. The fourth-order valence-electron chi connectivity index (χ4n) is 4.14. The van der Waals surface area contributed by atoms with Gasteiger partial charge in [-0.15, -0.1) is 0 Å². The topological polar surface area (TPSA) is 96.0 Å². The van der Waals surface area contributed by atoms with Crippen molar-refractivity contribution in [1.82, 2.24) is 10.2 Å². The van der Waals surface area contributed by atoms with E-state index < -0.39 is 28.5 Å². The minimum absolute atomic E-state index is 0.112. The van der Waals surface area contributed by atoms with Crippen LogP contribution in [0.3, 0.4) is 0 Å². The van der Waals surface area contributed by atoms with Crippen molar-refractivity contribution >= 4 is 39.1 Å². The molecule has 10 heteroatoms. The number of rotatable bonds is 11. The van der Waals surface area contributed by atoms with Crippen LogP contribution in [-0.4, -0.2) is 58.1 Å². The zero-order chi connectivity index (χ0) is 27.9. The average Bonchev–Trinajstić information content (AvgIpc) is 2.89. The predicted octanol–water partition coefficient (Wildman–Crippen LogP) is 3.81. The first kappa shape index (κ1) is 29.0. The number of aryl methyl sites for hydroxylation is 1. The van der Waals surface area contributed by atoms with Crippen molar-refractivity contribution in [3.8, 4) is 5.75 Å². The molecule has 0 fully saturated rings. The van der Waals surface area contributed by atoms with E-state index in [1.54, 1.807) is 6.07 Å². The van der Waals surface area contributed by atoms with E-state index in [1.807, 2.05) is 61.5 Å². The number of likely N-dealkylation sites (N-methyl/N-ethyl adjacent to an activating group) is 1. The predicted molar refractivity (Wildman–Crippen MR) is 150 cm³/mol. The van der Waals surface area contributed by atoms with Crippen LogP contribution in [0.15, 0.2) is 72.8 Å². The summed E-state index contributed by atoms with van der Waals surface area (Å²) in [5, 5.41) is 2.94. The second kappa shape index (κ2) is 12.8. The number of halogens is 1. The molecule has 0 bridgehead atoms. The number of amides is 2. The minimum Gasteiger partial charge on any atom is -0.495 e. The van der Waals surface area contributed by atoms with Gasteiger partial charge in [0.2, 0.25) is 21.8 Å². The summed E-state index contributed by atoms with van der Waals surface area (Å²) in [6.45, 7) is 1.48. The molecular weight excluding hydrogens is 526 g/mol. The number of nitrogens with zero attached hydrogens (tertiary/aromatic N) is 2. The van der Waals surface area contributed by atoms with Crippen molar-refractivity contribution in [2.45, 2.75) is 25.9 Å². The Labute approximate surface area is 229 Å². The van der Waals surface area contributed by atoms with E-state index >= 15 is 0 Å². The van der Waals surface area contributed by atoms with Crippen LogP contribution in [0.2, 0.25) is 5.02 Å². The molecule has 3 aromatic rings. The molecule has 0 heterocycles. The third-order valence-corrected chi connectivity index (χ3v) is 7.57. The molecule has 38 heavy (non-hydrogen) atoms. The van der Waals surface area contributed by atoms with Crippen molar-refractivity contribution in [1.29, 1.82) is 0 Å². The lowest BCUT2D eigenvalue weighted by molar-refractivity contribution is -0.139. The number of benzene rings is 3. The van der Waals surface area contributed by atoms with Gasteiger partial charge in [-0.2, -0.15) is 0 Å². The molecule has 0 saturated carbocycles. The Balaban J connectivity index is 2.08. The molecule has 0 aliphatic rings. The Kier molecular flexibility index (Phi) is 9.77. The van der Waals surface area contributed by atoms with Crippen LogP contribution in [-0.2, 0) is 32.6 Å². The van der Waals surface area contributed by atoms with Gasteiger partial charge < -0.3 is 15.0 Å². The lowest BCUT2D eigenvalue weighted by Crippen LogP contribution is -2.53. The standard InChI is InChI=1S/C28H32ClN3O5S/c1-20-10-8-9-13-22(20)18-31(25(28(34)30-2)16-21-11-6-5-7-12-21)27(33)19-32(38(4,35)36)24-17-23(29)14-15-26(24)37-3/h5-15,17,25H,16,18-19H2,1-4H3,(H,30,34)/t25-/m1/s1. The van der Waals surface area contributed by atoms with Crippen molar-refractivity contribution in [2.75, 3.05) is 31.3 Å². The molecule has 2 amide bonds. The van der Waals surface area contributed by atoms with Gasteiger partial charge in [0.25, 0.3) is 0 Å². The van der Waals surface area contributed by atoms with Gasteiger partial charge >= 0.3 is 0 Å². The SMILES string of the molecule is CNC(=O)[C@@H](Cc1ccccc1)N(Cc1ccccc1C)C(=O)CN(c1cc(Cl)ccc1OC)S(C)(=O)=O. The van der Waals surface area contributed by atoms with Gasteiger partial charge in [-0.1, -0.05) is 66.2 Å². The first-order valence-corrected chi connectivity index (χ1v) is 14.2. The molecule has 0 aromatic heterocycles. The number of carbonyl (C=O) groups is 2. The molecule has 1 atom stereocenters. The van der Waals surface area contributed by atoms with Crippen molar-refractivity contribution in [3.63, 3.8) is 0 Å². The van der Waals surface area contributed by atoms with Gasteiger partial charge in [-0.3, -0.25) is 13.9 Å². The number of carbonyl (C=O) groups excluding carboxylic acids is 2. The molecule has 0 spiro atoms. The Hall–Kier alpha value is -3.56. The largest absolute Gasteiger partial charge is 0.495 e. The van der Waals surface area contributed by atoms with Crippen LogP contribution >= 0.6 is 11.6 Å². The van der Waals surface area contributed by atoms with Crippen LogP contribution < -0.4 is 14.4 Å². The van der Waals surface area contributed by atoms with Gasteiger partial charge in [-0.25, -0.2) is 8.42 Å². The van der Waals surface area contributed by atoms with Gasteiger partial charge in [0, 0.05) is 25.0 Å². The van der Waals surface area contributed by atoms with Crippen LogP contribution in [0, 0.1) is 6.92 Å². The second-order valence-corrected chi connectivity index (χ2v) is 11.2. The van der Waals surface area contributed by atoms with Gasteiger partial charge in [0.15, 0.2) is 0 Å². The third kappa shape index (κ3) is 7.26. The second-order valence-electron chi connectivity index (χ2n) is 8.85. The summed E-state index contributed by atoms with van der Waals surface area (Å²) in [6.07, 6.45) is 1.25. The van der Waals surface area contributed by atoms with Gasteiger partial charge in [0.1, 0.15) is 18.3 Å². The number of hydrogen-bond donors (Lipinski definition) is 1. The van der Waals surface area contributed by atoms with E-state index in [0.29, 0.717) is 0 Å². The monoisotopic (exact) mass is 557 g/mol. The first-order valence-electron chi connectivity index (χ1n) is 12.0. The Morgan fingerprint density at radius 2 is 1.68 bits per heavy atom. The highest BCUT2D eigenvalue weighted by atomic mass is 35.5. The normalized spacial score (nSPS) is 11.9.